The number of fused-ring (bicyclic) bond motifs is 1. The number of carbonyl (C=O) groups excluding carboxylic acids is 2. The Morgan fingerprint density at radius 2 is 1.88 bits per heavy atom. The monoisotopic (exact) mass is 434 g/mol. The van der Waals surface area contributed by atoms with Gasteiger partial charge in [-0.25, -0.2) is 9.97 Å². The van der Waals surface area contributed by atoms with E-state index in [1.54, 1.807) is 16.7 Å². The van der Waals surface area contributed by atoms with Crippen molar-refractivity contribution < 1.29 is 14.3 Å². The van der Waals surface area contributed by atoms with Crippen LogP contribution in [0.5, 0.6) is 0 Å². The fraction of sp³-hybridized carbons (Fsp3) is 0.440. The number of esters is 1. The lowest BCUT2D eigenvalue weighted by atomic mass is 9.74. The molecule has 0 unspecified atom stereocenters. The molecule has 0 atom stereocenters. The van der Waals surface area contributed by atoms with Gasteiger partial charge >= 0.3 is 5.97 Å². The molecule has 0 bridgehead atoms. The van der Waals surface area contributed by atoms with Gasteiger partial charge in [0.2, 0.25) is 5.78 Å². The van der Waals surface area contributed by atoms with Crippen LogP contribution >= 0.6 is 0 Å². The third kappa shape index (κ3) is 4.38. The van der Waals surface area contributed by atoms with Crippen molar-refractivity contribution in [2.75, 3.05) is 19.7 Å². The number of imidazole rings is 1. The average Bonchev–Trinajstić information content (AvgIpc) is 3.15. The van der Waals surface area contributed by atoms with Crippen molar-refractivity contribution in [2.24, 2.45) is 5.41 Å². The predicted octanol–water partition coefficient (Wildman–Crippen LogP) is 3.85. The number of benzene rings is 1. The number of aryl methyl sites for hydroxylation is 2. The van der Waals surface area contributed by atoms with Crippen LogP contribution in [0.2, 0.25) is 0 Å². The molecule has 1 aliphatic heterocycles. The average molecular weight is 435 g/mol. The second-order valence-electron chi connectivity index (χ2n) is 8.47. The zero-order valence-electron chi connectivity index (χ0n) is 18.8. The van der Waals surface area contributed by atoms with Gasteiger partial charge in [-0.2, -0.15) is 0 Å². The van der Waals surface area contributed by atoms with E-state index >= 15 is 0 Å². The second kappa shape index (κ2) is 9.51. The summed E-state index contributed by atoms with van der Waals surface area (Å²) in [7, 11) is 0. The smallest absolute Gasteiger partial charge is 0.312 e. The van der Waals surface area contributed by atoms with Crippen LogP contribution in [-0.4, -0.2) is 50.8 Å². The number of ether oxygens (including phenoxy) is 1. The molecule has 0 N–H and O–H groups in total. The van der Waals surface area contributed by atoms with Crippen LogP contribution in [-0.2, 0) is 16.0 Å². The van der Waals surface area contributed by atoms with Gasteiger partial charge in [0.15, 0.2) is 0 Å². The lowest BCUT2D eigenvalue weighted by molar-refractivity contribution is -0.159. The first kappa shape index (κ1) is 22.0. The molecule has 0 spiro atoms. The SMILES string of the molecule is CCOC(=O)C1(CCCc2ccccc2)CCN(C(=O)c2c(C)nc3ncccn23)CC1. The Labute approximate surface area is 188 Å². The van der Waals surface area contributed by atoms with Gasteiger partial charge in [0, 0.05) is 25.5 Å². The van der Waals surface area contributed by atoms with E-state index < -0.39 is 5.41 Å². The van der Waals surface area contributed by atoms with Crippen molar-refractivity contribution in [2.45, 2.75) is 46.0 Å². The molecule has 3 aromatic rings. The first-order chi connectivity index (χ1) is 15.5. The van der Waals surface area contributed by atoms with E-state index in [9.17, 15) is 9.59 Å². The lowest BCUT2D eigenvalue weighted by Gasteiger charge is -2.40. The number of carbonyl (C=O) groups is 2. The Bertz CT molecular complexity index is 1090. The van der Waals surface area contributed by atoms with Crippen molar-refractivity contribution in [1.82, 2.24) is 19.3 Å². The van der Waals surface area contributed by atoms with Crippen molar-refractivity contribution in [3.05, 3.63) is 65.7 Å². The van der Waals surface area contributed by atoms with Crippen LogP contribution in [0.15, 0.2) is 48.8 Å². The molecule has 4 rings (SSSR count). The third-order valence-electron chi connectivity index (χ3n) is 6.46. The summed E-state index contributed by atoms with van der Waals surface area (Å²) in [5.74, 6) is 0.326. The first-order valence-electron chi connectivity index (χ1n) is 11.3. The minimum absolute atomic E-state index is 0.0651. The summed E-state index contributed by atoms with van der Waals surface area (Å²) in [6, 6.07) is 12.1. The van der Waals surface area contributed by atoms with Gasteiger partial charge in [0.05, 0.1) is 17.7 Å². The number of likely N-dealkylation sites (tertiary alicyclic amines) is 1. The minimum atomic E-state index is -0.530. The van der Waals surface area contributed by atoms with E-state index in [0.717, 1.165) is 19.3 Å². The number of hydrogen-bond donors (Lipinski definition) is 0. The maximum absolute atomic E-state index is 13.3. The zero-order valence-corrected chi connectivity index (χ0v) is 18.8. The highest BCUT2D eigenvalue weighted by atomic mass is 16.5. The van der Waals surface area contributed by atoms with E-state index in [-0.39, 0.29) is 11.9 Å². The first-order valence-corrected chi connectivity index (χ1v) is 11.3. The lowest BCUT2D eigenvalue weighted by Crippen LogP contribution is -2.47. The molecule has 1 aromatic carbocycles. The molecule has 0 radical (unpaired) electrons. The van der Waals surface area contributed by atoms with E-state index in [0.29, 0.717) is 49.7 Å². The van der Waals surface area contributed by atoms with Crippen LogP contribution in [0.25, 0.3) is 5.78 Å². The Morgan fingerprint density at radius 3 is 2.59 bits per heavy atom. The van der Waals surface area contributed by atoms with Crippen molar-refractivity contribution in [3.8, 4) is 0 Å². The van der Waals surface area contributed by atoms with Gasteiger partial charge in [0.25, 0.3) is 5.91 Å². The number of nitrogens with zero attached hydrogens (tertiary/aromatic N) is 4. The molecule has 0 saturated carbocycles. The highest BCUT2D eigenvalue weighted by Crippen LogP contribution is 2.38. The van der Waals surface area contributed by atoms with Crippen LogP contribution in [0.3, 0.4) is 0 Å². The largest absolute Gasteiger partial charge is 0.466 e. The summed E-state index contributed by atoms with van der Waals surface area (Å²) in [5, 5.41) is 0. The Morgan fingerprint density at radius 1 is 1.12 bits per heavy atom. The summed E-state index contributed by atoms with van der Waals surface area (Å²) in [5.41, 5.74) is 1.95. The summed E-state index contributed by atoms with van der Waals surface area (Å²) in [6.07, 6.45) is 7.31. The van der Waals surface area contributed by atoms with Gasteiger partial charge in [-0.1, -0.05) is 30.3 Å². The van der Waals surface area contributed by atoms with Gasteiger partial charge in [-0.15, -0.1) is 0 Å². The molecule has 168 valence electrons. The number of rotatable bonds is 7. The summed E-state index contributed by atoms with van der Waals surface area (Å²) < 4.78 is 7.21. The standard InChI is InChI=1S/C25H30N4O3/c1-3-32-23(31)25(12-7-11-20-9-5-4-6-10-20)13-17-28(18-14-25)22(30)21-19(2)27-24-26-15-8-16-29(21)24/h4-6,8-10,15-16H,3,7,11-14,17-18H2,1-2H3. The van der Waals surface area contributed by atoms with Crippen LogP contribution in [0, 0.1) is 12.3 Å². The molecule has 7 nitrogen and oxygen atoms in total. The molecule has 1 fully saturated rings. The van der Waals surface area contributed by atoms with Crippen LogP contribution in [0.4, 0.5) is 0 Å². The normalized spacial score (nSPS) is 15.6. The number of amides is 1. The van der Waals surface area contributed by atoms with Crippen molar-refractivity contribution in [1.29, 1.82) is 0 Å². The summed E-state index contributed by atoms with van der Waals surface area (Å²) >= 11 is 0. The van der Waals surface area contributed by atoms with E-state index in [2.05, 4.69) is 22.1 Å². The molecule has 7 heteroatoms. The number of hydrogen-bond acceptors (Lipinski definition) is 5. The van der Waals surface area contributed by atoms with E-state index in [1.807, 2.05) is 43.1 Å². The Hall–Kier alpha value is -3.22. The quantitative estimate of drug-likeness (QED) is 0.528. The molecular weight excluding hydrogens is 404 g/mol. The summed E-state index contributed by atoms with van der Waals surface area (Å²) in [6.45, 7) is 5.09. The zero-order chi connectivity index (χ0) is 22.6. The van der Waals surface area contributed by atoms with Crippen LogP contribution < -0.4 is 0 Å². The minimum Gasteiger partial charge on any atom is -0.466 e. The fourth-order valence-electron chi connectivity index (χ4n) is 4.66. The number of aromatic nitrogens is 3. The van der Waals surface area contributed by atoms with E-state index in [4.69, 9.17) is 4.74 Å². The number of piperidine rings is 1. The van der Waals surface area contributed by atoms with E-state index in [1.165, 1.54) is 5.56 Å². The molecule has 1 saturated heterocycles. The molecule has 1 aliphatic rings. The topological polar surface area (TPSA) is 76.8 Å². The summed E-state index contributed by atoms with van der Waals surface area (Å²) in [4.78, 5) is 36.7. The Balaban J connectivity index is 1.46. The maximum Gasteiger partial charge on any atom is 0.312 e. The van der Waals surface area contributed by atoms with Crippen LogP contribution in [0.1, 0.15) is 54.4 Å². The van der Waals surface area contributed by atoms with Crippen molar-refractivity contribution >= 4 is 17.7 Å². The maximum atomic E-state index is 13.3. The second-order valence-corrected chi connectivity index (χ2v) is 8.47. The highest BCUT2D eigenvalue weighted by Gasteiger charge is 2.43. The molecule has 2 aromatic heterocycles. The highest BCUT2D eigenvalue weighted by molar-refractivity contribution is 5.94. The molecule has 32 heavy (non-hydrogen) atoms. The predicted molar refractivity (Wildman–Crippen MR) is 121 cm³/mol. The molecular formula is C25H30N4O3. The van der Waals surface area contributed by atoms with Crippen molar-refractivity contribution in [3.63, 3.8) is 0 Å². The molecule has 1 amide bonds. The third-order valence-corrected chi connectivity index (χ3v) is 6.46. The molecule has 0 aliphatic carbocycles. The van der Waals surface area contributed by atoms with Gasteiger partial charge in [0.1, 0.15) is 5.69 Å². The fourth-order valence-corrected chi connectivity index (χ4v) is 4.66. The van der Waals surface area contributed by atoms with Gasteiger partial charge in [-0.05, 0) is 57.6 Å². The molecule has 3 heterocycles. The Kier molecular flexibility index (Phi) is 6.53. The van der Waals surface area contributed by atoms with Gasteiger partial charge in [-0.3, -0.25) is 14.0 Å². The van der Waals surface area contributed by atoms with Gasteiger partial charge < -0.3 is 9.64 Å².